The van der Waals surface area contributed by atoms with Gasteiger partial charge in [0, 0.05) is 6.54 Å². The van der Waals surface area contributed by atoms with Crippen molar-refractivity contribution in [1.82, 2.24) is 5.32 Å². The summed E-state index contributed by atoms with van der Waals surface area (Å²) in [6.07, 6.45) is 0. The Morgan fingerprint density at radius 1 is 1.50 bits per heavy atom. The number of halogens is 2. The van der Waals surface area contributed by atoms with Crippen molar-refractivity contribution in [2.75, 3.05) is 13.1 Å². The highest BCUT2D eigenvalue weighted by molar-refractivity contribution is 6.33. The Morgan fingerprint density at radius 3 is 2.67 bits per heavy atom. The van der Waals surface area contributed by atoms with Crippen LogP contribution in [0.5, 0.6) is 0 Å². The van der Waals surface area contributed by atoms with Gasteiger partial charge in [0.05, 0.1) is 10.6 Å². The van der Waals surface area contributed by atoms with Crippen LogP contribution in [0.3, 0.4) is 0 Å². The molecule has 1 aromatic carbocycles. The number of nitrogens with two attached hydrogens (primary N) is 1. The Kier molecular flexibility index (Phi) is 4.71. The molecule has 0 unspecified atom stereocenters. The van der Waals surface area contributed by atoms with Gasteiger partial charge in [0.25, 0.3) is 5.91 Å². The smallest absolute Gasteiger partial charge is 0.252 e. The molecular formula is C13H18ClFN2O. The summed E-state index contributed by atoms with van der Waals surface area (Å²) in [5, 5.41) is 2.95. The van der Waals surface area contributed by atoms with E-state index in [9.17, 15) is 9.18 Å². The van der Waals surface area contributed by atoms with Crippen LogP contribution in [-0.2, 0) is 0 Å². The molecule has 0 aliphatic rings. The van der Waals surface area contributed by atoms with Gasteiger partial charge < -0.3 is 11.1 Å². The van der Waals surface area contributed by atoms with Gasteiger partial charge in [-0.3, -0.25) is 4.79 Å². The lowest BCUT2D eigenvalue weighted by molar-refractivity contribution is 0.0937. The Labute approximate surface area is 112 Å². The second kappa shape index (κ2) is 5.67. The van der Waals surface area contributed by atoms with E-state index in [-0.39, 0.29) is 21.9 Å². The molecule has 3 N–H and O–H groups in total. The normalized spacial score (nSPS) is 11.4. The van der Waals surface area contributed by atoms with Crippen molar-refractivity contribution in [1.29, 1.82) is 0 Å². The van der Waals surface area contributed by atoms with Crippen LogP contribution in [0.4, 0.5) is 4.39 Å². The van der Waals surface area contributed by atoms with E-state index in [1.165, 1.54) is 6.07 Å². The van der Waals surface area contributed by atoms with Gasteiger partial charge in [0.15, 0.2) is 0 Å². The predicted molar refractivity (Wildman–Crippen MR) is 71.3 cm³/mol. The molecule has 1 rings (SSSR count). The van der Waals surface area contributed by atoms with Gasteiger partial charge in [-0.1, -0.05) is 25.4 Å². The molecular weight excluding hydrogens is 255 g/mol. The van der Waals surface area contributed by atoms with Gasteiger partial charge in [0.2, 0.25) is 0 Å². The van der Waals surface area contributed by atoms with Crippen LogP contribution in [0.1, 0.15) is 29.8 Å². The Bertz CT molecular complexity index is 461. The summed E-state index contributed by atoms with van der Waals surface area (Å²) in [5.41, 5.74) is 5.93. The van der Waals surface area contributed by atoms with Crippen molar-refractivity contribution in [3.63, 3.8) is 0 Å². The van der Waals surface area contributed by atoms with Crippen LogP contribution in [-0.4, -0.2) is 19.0 Å². The zero-order valence-corrected chi connectivity index (χ0v) is 11.6. The first-order chi connectivity index (χ1) is 8.26. The van der Waals surface area contributed by atoms with E-state index in [2.05, 4.69) is 5.32 Å². The number of hydrogen-bond acceptors (Lipinski definition) is 2. The lowest BCUT2D eigenvalue weighted by atomic mass is 9.94. The molecule has 0 saturated heterocycles. The Hall–Kier alpha value is -1.13. The quantitative estimate of drug-likeness (QED) is 0.885. The van der Waals surface area contributed by atoms with Crippen molar-refractivity contribution in [2.45, 2.75) is 20.8 Å². The number of benzene rings is 1. The third-order valence-electron chi connectivity index (χ3n) is 2.77. The molecule has 0 spiro atoms. The number of amides is 1. The van der Waals surface area contributed by atoms with E-state index in [0.29, 0.717) is 18.7 Å². The van der Waals surface area contributed by atoms with E-state index in [4.69, 9.17) is 17.3 Å². The van der Waals surface area contributed by atoms with Gasteiger partial charge in [0.1, 0.15) is 5.82 Å². The molecule has 0 saturated carbocycles. The molecule has 3 nitrogen and oxygen atoms in total. The highest BCUT2D eigenvalue weighted by Gasteiger charge is 2.19. The second-order valence-electron chi connectivity index (χ2n) is 5.13. The molecule has 0 radical (unpaired) electrons. The lowest BCUT2D eigenvalue weighted by Gasteiger charge is -2.22. The summed E-state index contributed by atoms with van der Waals surface area (Å²) in [4.78, 5) is 11.9. The lowest BCUT2D eigenvalue weighted by Crippen LogP contribution is -2.38. The third kappa shape index (κ3) is 3.68. The minimum atomic E-state index is -0.442. The van der Waals surface area contributed by atoms with Crippen LogP contribution < -0.4 is 11.1 Å². The fourth-order valence-corrected chi connectivity index (χ4v) is 1.61. The summed E-state index contributed by atoms with van der Waals surface area (Å²) in [6.45, 7) is 6.33. The van der Waals surface area contributed by atoms with Crippen molar-refractivity contribution >= 4 is 17.5 Å². The maximum atomic E-state index is 13.4. The number of carbonyl (C=O) groups excluding carboxylic acids is 1. The van der Waals surface area contributed by atoms with Crippen molar-refractivity contribution in [3.05, 3.63) is 34.1 Å². The molecule has 5 heteroatoms. The minimum absolute atomic E-state index is 0.146. The fourth-order valence-electron chi connectivity index (χ4n) is 1.31. The molecule has 0 fully saturated rings. The van der Waals surface area contributed by atoms with E-state index in [1.54, 1.807) is 6.92 Å². The highest BCUT2D eigenvalue weighted by Crippen LogP contribution is 2.20. The van der Waals surface area contributed by atoms with Gasteiger partial charge >= 0.3 is 0 Å². The van der Waals surface area contributed by atoms with Gasteiger partial charge in [-0.25, -0.2) is 4.39 Å². The molecule has 0 aromatic heterocycles. The standard InChI is InChI=1S/C13H18ClFN2O/c1-8-4-10(14)9(5-11(8)15)12(18)17-7-13(2,3)6-16/h4-5H,6-7,16H2,1-3H3,(H,17,18). The fraction of sp³-hybridized carbons (Fsp3) is 0.462. The minimum Gasteiger partial charge on any atom is -0.351 e. The average Bonchev–Trinajstić information content (AvgIpc) is 2.31. The number of hydrogen-bond donors (Lipinski definition) is 2. The number of rotatable bonds is 4. The number of carbonyl (C=O) groups is 1. The van der Waals surface area contributed by atoms with E-state index >= 15 is 0 Å². The van der Waals surface area contributed by atoms with Crippen molar-refractivity contribution < 1.29 is 9.18 Å². The maximum Gasteiger partial charge on any atom is 0.252 e. The topological polar surface area (TPSA) is 55.1 Å². The summed E-state index contributed by atoms with van der Waals surface area (Å²) in [5.74, 6) is -0.830. The predicted octanol–water partition coefficient (Wildman–Crippen LogP) is 2.50. The van der Waals surface area contributed by atoms with Gasteiger partial charge in [-0.05, 0) is 36.6 Å². The monoisotopic (exact) mass is 272 g/mol. The number of nitrogens with one attached hydrogen (secondary N) is 1. The Morgan fingerprint density at radius 2 is 2.11 bits per heavy atom. The van der Waals surface area contributed by atoms with Crippen LogP contribution in [0.2, 0.25) is 5.02 Å². The Balaban J connectivity index is 2.82. The molecule has 18 heavy (non-hydrogen) atoms. The molecule has 1 aromatic rings. The maximum absolute atomic E-state index is 13.4. The molecule has 0 aliphatic carbocycles. The van der Waals surface area contributed by atoms with Gasteiger partial charge in [-0.15, -0.1) is 0 Å². The van der Waals surface area contributed by atoms with Crippen LogP contribution in [0.25, 0.3) is 0 Å². The third-order valence-corrected chi connectivity index (χ3v) is 3.09. The van der Waals surface area contributed by atoms with Crippen molar-refractivity contribution in [2.24, 2.45) is 11.1 Å². The number of aryl methyl sites for hydroxylation is 1. The van der Waals surface area contributed by atoms with Crippen LogP contribution in [0, 0.1) is 18.2 Å². The van der Waals surface area contributed by atoms with E-state index < -0.39 is 5.82 Å². The second-order valence-corrected chi connectivity index (χ2v) is 5.54. The zero-order valence-electron chi connectivity index (χ0n) is 10.8. The largest absolute Gasteiger partial charge is 0.351 e. The van der Waals surface area contributed by atoms with E-state index in [0.717, 1.165) is 6.07 Å². The zero-order chi connectivity index (χ0) is 13.9. The van der Waals surface area contributed by atoms with Gasteiger partial charge in [-0.2, -0.15) is 0 Å². The molecule has 0 atom stereocenters. The summed E-state index contributed by atoms with van der Waals surface area (Å²) >= 11 is 5.93. The first kappa shape index (κ1) is 14.9. The molecule has 1 amide bonds. The summed E-state index contributed by atoms with van der Waals surface area (Å²) in [6, 6.07) is 2.60. The van der Waals surface area contributed by atoms with Crippen LogP contribution in [0.15, 0.2) is 12.1 Å². The first-order valence-corrected chi connectivity index (χ1v) is 6.08. The molecule has 0 bridgehead atoms. The van der Waals surface area contributed by atoms with E-state index in [1.807, 2.05) is 13.8 Å². The first-order valence-electron chi connectivity index (χ1n) is 5.71. The van der Waals surface area contributed by atoms with Crippen LogP contribution >= 0.6 is 11.6 Å². The highest BCUT2D eigenvalue weighted by atomic mass is 35.5. The summed E-state index contributed by atoms with van der Waals surface area (Å²) < 4.78 is 13.4. The molecule has 0 heterocycles. The molecule has 100 valence electrons. The average molecular weight is 273 g/mol. The summed E-state index contributed by atoms with van der Waals surface area (Å²) in [7, 11) is 0. The van der Waals surface area contributed by atoms with Crippen molar-refractivity contribution in [3.8, 4) is 0 Å². The molecule has 0 aliphatic heterocycles. The SMILES string of the molecule is Cc1cc(Cl)c(C(=O)NCC(C)(C)CN)cc1F.